The summed E-state index contributed by atoms with van der Waals surface area (Å²) < 4.78 is 0. The summed E-state index contributed by atoms with van der Waals surface area (Å²) in [5.74, 6) is 0. The van der Waals surface area contributed by atoms with Crippen LogP contribution >= 0.6 is 0 Å². The van der Waals surface area contributed by atoms with Gasteiger partial charge in [0, 0.05) is 51.5 Å². The van der Waals surface area contributed by atoms with Crippen LogP contribution in [0.15, 0.2) is 48.5 Å². The number of nitrogens with two attached hydrogens (primary N) is 1. The van der Waals surface area contributed by atoms with E-state index in [0.29, 0.717) is 0 Å². The quantitative estimate of drug-likeness (QED) is 0.667. The Morgan fingerprint density at radius 1 is 0.719 bits per heavy atom. The Bertz CT molecular complexity index is 879. The van der Waals surface area contributed by atoms with Gasteiger partial charge in [-0.1, -0.05) is 49.9 Å². The summed E-state index contributed by atoms with van der Waals surface area (Å²) in [7, 11) is 8.21. The highest BCUT2D eigenvalue weighted by Gasteiger charge is 2.35. The van der Waals surface area contributed by atoms with E-state index in [1.54, 1.807) is 0 Å². The number of benzene rings is 2. The van der Waals surface area contributed by atoms with E-state index in [2.05, 4.69) is 78.5 Å². The first-order valence-corrected chi connectivity index (χ1v) is 12.0. The fourth-order valence-corrected chi connectivity index (χ4v) is 5.30. The Morgan fingerprint density at radius 3 is 1.50 bits per heavy atom. The normalized spacial score (nSPS) is 18.4. The van der Waals surface area contributed by atoms with Gasteiger partial charge in [-0.15, -0.1) is 0 Å². The summed E-state index contributed by atoms with van der Waals surface area (Å²) >= 11 is 0. The van der Waals surface area contributed by atoms with E-state index in [0.717, 1.165) is 19.4 Å². The van der Waals surface area contributed by atoms with Gasteiger partial charge >= 0.3 is 0 Å². The van der Waals surface area contributed by atoms with Gasteiger partial charge in [-0.3, -0.25) is 0 Å². The molecule has 4 rings (SSSR count). The second-order valence-corrected chi connectivity index (χ2v) is 9.98. The van der Waals surface area contributed by atoms with Crippen LogP contribution in [-0.2, 0) is 10.8 Å². The predicted octanol–water partition coefficient (Wildman–Crippen LogP) is 5.61. The molecule has 2 N–H and O–H groups in total. The van der Waals surface area contributed by atoms with Crippen molar-refractivity contribution < 1.29 is 0 Å². The van der Waals surface area contributed by atoms with Gasteiger partial charge < -0.3 is 15.5 Å². The highest BCUT2D eigenvalue weighted by atomic mass is 15.1. The zero-order valence-electron chi connectivity index (χ0n) is 20.4. The molecule has 0 heterocycles. The van der Waals surface area contributed by atoms with E-state index in [4.69, 9.17) is 5.73 Å². The summed E-state index contributed by atoms with van der Waals surface area (Å²) in [5, 5.41) is 9.39. The molecule has 0 aliphatic heterocycles. The van der Waals surface area contributed by atoms with Crippen LogP contribution in [0.4, 0.5) is 11.4 Å². The number of hydrogen-bond acceptors (Lipinski definition) is 4. The second kappa shape index (κ2) is 10.4. The first-order valence-electron chi connectivity index (χ1n) is 12.0. The topological polar surface area (TPSA) is 56.3 Å². The van der Waals surface area contributed by atoms with Crippen LogP contribution in [0.2, 0.25) is 0 Å². The first kappa shape index (κ1) is 24.1. The Morgan fingerprint density at radius 2 is 1.12 bits per heavy atom. The van der Waals surface area contributed by atoms with Crippen molar-refractivity contribution in [2.24, 2.45) is 5.73 Å². The van der Waals surface area contributed by atoms with Crippen molar-refractivity contribution in [3.05, 3.63) is 59.7 Å². The molecular formula is C28H40N4. The van der Waals surface area contributed by atoms with Crippen molar-refractivity contribution in [3.8, 4) is 6.07 Å². The molecule has 0 amide bonds. The molecule has 2 saturated carbocycles. The molecule has 2 aromatic rings. The van der Waals surface area contributed by atoms with Crippen molar-refractivity contribution in [2.45, 2.75) is 62.2 Å². The maximum atomic E-state index is 9.39. The van der Waals surface area contributed by atoms with Crippen LogP contribution in [0.1, 0.15) is 62.5 Å². The molecule has 4 nitrogen and oxygen atoms in total. The van der Waals surface area contributed by atoms with Crippen molar-refractivity contribution in [1.82, 2.24) is 0 Å². The molecule has 0 saturated heterocycles. The van der Waals surface area contributed by atoms with Gasteiger partial charge in [-0.05, 0) is 61.1 Å². The number of rotatable bonds is 5. The molecule has 172 valence electrons. The van der Waals surface area contributed by atoms with Crippen molar-refractivity contribution >= 4 is 11.4 Å². The number of hydrogen-bond donors (Lipinski definition) is 1. The molecule has 0 atom stereocenters. The number of nitriles is 1. The molecule has 2 fully saturated rings. The monoisotopic (exact) mass is 432 g/mol. The number of nitrogens with zero attached hydrogens (tertiary/aromatic N) is 3. The zero-order valence-corrected chi connectivity index (χ0v) is 20.4. The van der Waals surface area contributed by atoms with Crippen molar-refractivity contribution in [1.29, 1.82) is 5.26 Å². The minimum absolute atomic E-state index is 0.204. The van der Waals surface area contributed by atoms with Crippen molar-refractivity contribution in [3.63, 3.8) is 0 Å². The van der Waals surface area contributed by atoms with Crippen LogP contribution in [0.3, 0.4) is 0 Å². The highest BCUT2D eigenvalue weighted by molar-refractivity contribution is 5.49. The van der Waals surface area contributed by atoms with Crippen molar-refractivity contribution in [2.75, 3.05) is 44.5 Å². The molecule has 32 heavy (non-hydrogen) atoms. The molecule has 2 aliphatic rings. The fourth-order valence-electron chi connectivity index (χ4n) is 5.30. The lowest BCUT2D eigenvalue weighted by atomic mass is 9.79. The van der Waals surface area contributed by atoms with E-state index < -0.39 is 0 Å². The standard InChI is InChI=1S/C14H22N2.C14H18N2/c2*1-16(2)13-7-5-12(6-8-13)14(11-15)9-3-4-10-14/h5-8H,3-4,9-11,15H2,1-2H3;5-8H,3-4,9-10H2,1-2H3. The summed E-state index contributed by atoms with van der Waals surface area (Å²) in [6, 6.07) is 19.9. The van der Waals surface area contributed by atoms with Gasteiger partial charge in [0.05, 0.1) is 11.5 Å². The highest BCUT2D eigenvalue weighted by Crippen LogP contribution is 2.41. The van der Waals surface area contributed by atoms with E-state index in [1.807, 2.05) is 14.1 Å². The molecule has 0 bridgehead atoms. The minimum atomic E-state index is -0.204. The lowest BCUT2D eigenvalue weighted by Gasteiger charge is -2.28. The molecule has 0 aromatic heterocycles. The zero-order chi connectivity index (χ0) is 23.2. The SMILES string of the molecule is CN(C)c1ccc(C2(C#N)CCCC2)cc1.CN(C)c1ccc(C2(CN)CCCC2)cc1. The molecule has 4 heteroatoms. The summed E-state index contributed by atoms with van der Waals surface area (Å²) in [6.45, 7) is 0.786. The average molecular weight is 433 g/mol. The summed E-state index contributed by atoms with van der Waals surface area (Å²) in [5.41, 5.74) is 11.1. The van der Waals surface area contributed by atoms with E-state index in [9.17, 15) is 5.26 Å². The smallest absolute Gasteiger partial charge is 0.0822 e. The fraction of sp³-hybridized carbons (Fsp3) is 0.536. The second-order valence-electron chi connectivity index (χ2n) is 9.98. The minimum Gasteiger partial charge on any atom is -0.378 e. The van der Waals surface area contributed by atoms with Crippen LogP contribution in [-0.4, -0.2) is 34.7 Å². The molecule has 0 unspecified atom stereocenters. The van der Waals surface area contributed by atoms with Crippen LogP contribution in [0.25, 0.3) is 0 Å². The van der Waals surface area contributed by atoms with Gasteiger partial charge in [-0.2, -0.15) is 5.26 Å². The average Bonchev–Trinajstić information content (AvgIpc) is 3.51. The third kappa shape index (κ3) is 5.10. The lowest BCUT2D eigenvalue weighted by molar-refractivity contribution is 0.453. The van der Waals surface area contributed by atoms with E-state index in [1.165, 1.54) is 61.0 Å². The molecule has 0 radical (unpaired) electrons. The van der Waals surface area contributed by atoms with Gasteiger partial charge in [0.2, 0.25) is 0 Å². The Balaban J connectivity index is 0.000000181. The predicted molar refractivity (Wildman–Crippen MR) is 136 cm³/mol. The maximum Gasteiger partial charge on any atom is 0.0822 e. The van der Waals surface area contributed by atoms with Gasteiger partial charge in [-0.25, -0.2) is 0 Å². The van der Waals surface area contributed by atoms with Crippen LogP contribution < -0.4 is 15.5 Å². The molecular weight excluding hydrogens is 392 g/mol. The Hall–Kier alpha value is -2.51. The summed E-state index contributed by atoms with van der Waals surface area (Å²) in [6.07, 6.45) is 9.57. The van der Waals surface area contributed by atoms with Crippen LogP contribution in [0, 0.1) is 11.3 Å². The molecule has 2 aromatic carbocycles. The summed E-state index contributed by atoms with van der Waals surface area (Å²) in [4.78, 5) is 4.21. The van der Waals surface area contributed by atoms with Gasteiger partial charge in [0.25, 0.3) is 0 Å². The Kier molecular flexibility index (Phi) is 7.85. The molecule has 2 aliphatic carbocycles. The lowest BCUT2D eigenvalue weighted by Crippen LogP contribution is -2.31. The maximum absolute atomic E-state index is 9.39. The number of anilines is 2. The van der Waals surface area contributed by atoms with Gasteiger partial charge in [0.15, 0.2) is 0 Å². The third-order valence-corrected chi connectivity index (χ3v) is 7.55. The van der Waals surface area contributed by atoms with E-state index in [-0.39, 0.29) is 10.8 Å². The third-order valence-electron chi connectivity index (χ3n) is 7.55. The Labute approximate surface area is 195 Å². The van der Waals surface area contributed by atoms with Crippen LogP contribution in [0.5, 0.6) is 0 Å². The largest absolute Gasteiger partial charge is 0.378 e. The van der Waals surface area contributed by atoms with Gasteiger partial charge in [0.1, 0.15) is 0 Å². The first-order chi connectivity index (χ1) is 15.4. The van der Waals surface area contributed by atoms with E-state index >= 15 is 0 Å². The molecule has 0 spiro atoms.